The maximum Gasteiger partial charge on any atom is 0.126 e. The van der Waals surface area contributed by atoms with E-state index in [1.54, 1.807) is 0 Å². The molecule has 2 aromatic rings. The minimum Gasteiger partial charge on any atom is -0.317 e. The van der Waals surface area contributed by atoms with Gasteiger partial charge in [0.05, 0.1) is 11.2 Å². The van der Waals surface area contributed by atoms with Gasteiger partial charge in [0, 0.05) is 22.3 Å². The van der Waals surface area contributed by atoms with Gasteiger partial charge in [-0.15, -0.1) is 0 Å². The SMILES string of the molecule is CNC(C)Cc1nc(C)nc2cc(Br)ccc12. The molecule has 0 aliphatic rings. The lowest BCUT2D eigenvalue weighted by Gasteiger charge is -2.12. The van der Waals surface area contributed by atoms with Gasteiger partial charge >= 0.3 is 0 Å². The Bertz CT molecular complexity index is 534. The van der Waals surface area contributed by atoms with Gasteiger partial charge in [-0.3, -0.25) is 0 Å². The van der Waals surface area contributed by atoms with E-state index in [2.05, 4.69) is 44.2 Å². The molecule has 1 N–H and O–H groups in total. The molecule has 0 amide bonds. The largest absolute Gasteiger partial charge is 0.317 e. The second kappa shape index (κ2) is 5.10. The number of fused-ring (bicyclic) bond motifs is 1. The van der Waals surface area contributed by atoms with E-state index in [1.165, 1.54) is 0 Å². The molecule has 4 heteroatoms. The zero-order chi connectivity index (χ0) is 12.4. The maximum absolute atomic E-state index is 4.55. The van der Waals surface area contributed by atoms with Crippen LogP contribution in [0.5, 0.6) is 0 Å². The van der Waals surface area contributed by atoms with Gasteiger partial charge in [0.25, 0.3) is 0 Å². The molecule has 0 aliphatic carbocycles. The van der Waals surface area contributed by atoms with Crippen LogP contribution < -0.4 is 5.32 Å². The van der Waals surface area contributed by atoms with Gasteiger partial charge in [-0.2, -0.15) is 0 Å². The highest BCUT2D eigenvalue weighted by molar-refractivity contribution is 9.10. The summed E-state index contributed by atoms with van der Waals surface area (Å²) < 4.78 is 1.05. The summed E-state index contributed by atoms with van der Waals surface area (Å²) in [4.78, 5) is 9.02. The van der Waals surface area contributed by atoms with E-state index in [4.69, 9.17) is 0 Å². The Morgan fingerprint density at radius 1 is 1.35 bits per heavy atom. The minimum absolute atomic E-state index is 0.413. The molecule has 1 atom stereocenters. The molecule has 1 aromatic heterocycles. The van der Waals surface area contributed by atoms with Crippen LogP contribution in [0.25, 0.3) is 10.9 Å². The molecule has 0 radical (unpaired) electrons. The quantitative estimate of drug-likeness (QED) is 0.946. The van der Waals surface area contributed by atoms with Crippen LogP contribution in [0.3, 0.4) is 0 Å². The summed E-state index contributed by atoms with van der Waals surface area (Å²) in [6.07, 6.45) is 0.915. The van der Waals surface area contributed by atoms with Crippen molar-refractivity contribution in [2.45, 2.75) is 26.3 Å². The summed E-state index contributed by atoms with van der Waals surface area (Å²) in [6, 6.07) is 6.57. The number of likely N-dealkylation sites (N-methyl/N-ethyl adjacent to an activating group) is 1. The van der Waals surface area contributed by atoms with Crippen LogP contribution in [0.2, 0.25) is 0 Å². The topological polar surface area (TPSA) is 37.8 Å². The van der Waals surface area contributed by atoms with E-state index >= 15 is 0 Å². The standard InChI is InChI=1S/C13H16BrN3/c1-8(15-3)6-12-11-5-4-10(14)7-13(11)17-9(2)16-12/h4-5,7-8,15H,6H2,1-3H3. The number of hydrogen-bond acceptors (Lipinski definition) is 3. The highest BCUT2D eigenvalue weighted by atomic mass is 79.9. The number of nitrogens with zero attached hydrogens (tertiary/aromatic N) is 2. The van der Waals surface area contributed by atoms with Crippen LogP contribution in [-0.4, -0.2) is 23.1 Å². The zero-order valence-corrected chi connectivity index (χ0v) is 11.9. The lowest BCUT2D eigenvalue weighted by Crippen LogP contribution is -2.24. The monoisotopic (exact) mass is 293 g/mol. The highest BCUT2D eigenvalue weighted by Crippen LogP contribution is 2.21. The Hall–Kier alpha value is -1.000. The van der Waals surface area contributed by atoms with E-state index < -0.39 is 0 Å². The second-order valence-corrected chi connectivity index (χ2v) is 5.19. The van der Waals surface area contributed by atoms with Crippen molar-refractivity contribution in [2.75, 3.05) is 7.05 Å². The van der Waals surface area contributed by atoms with Crippen LogP contribution in [0, 0.1) is 6.92 Å². The summed E-state index contributed by atoms with van der Waals surface area (Å²) in [5.74, 6) is 0.828. The third-order valence-electron chi connectivity index (χ3n) is 2.84. The van der Waals surface area contributed by atoms with Crippen molar-refractivity contribution in [1.29, 1.82) is 0 Å². The molecule has 90 valence electrons. The van der Waals surface area contributed by atoms with Crippen molar-refractivity contribution in [3.05, 3.63) is 34.2 Å². The Balaban J connectivity index is 2.53. The fourth-order valence-corrected chi connectivity index (χ4v) is 2.19. The third-order valence-corrected chi connectivity index (χ3v) is 3.34. The van der Waals surface area contributed by atoms with E-state index in [0.717, 1.165) is 33.3 Å². The Labute approximate surface area is 110 Å². The normalized spacial score (nSPS) is 12.9. The number of rotatable bonds is 3. The van der Waals surface area contributed by atoms with Crippen LogP contribution in [0.15, 0.2) is 22.7 Å². The van der Waals surface area contributed by atoms with Crippen molar-refractivity contribution in [2.24, 2.45) is 0 Å². The Morgan fingerprint density at radius 3 is 2.82 bits per heavy atom. The zero-order valence-electron chi connectivity index (χ0n) is 10.3. The molecule has 0 spiro atoms. The maximum atomic E-state index is 4.55. The number of hydrogen-bond donors (Lipinski definition) is 1. The van der Waals surface area contributed by atoms with E-state index in [9.17, 15) is 0 Å². The van der Waals surface area contributed by atoms with Crippen molar-refractivity contribution in [1.82, 2.24) is 15.3 Å². The third kappa shape index (κ3) is 2.82. The molecule has 0 aliphatic heterocycles. The number of nitrogens with one attached hydrogen (secondary N) is 1. The summed E-state index contributed by atoms with van der Waals surface area (Å²) in [5, 5.41) is 4.38. The highest BCUT2D eigenvalue weighted by Gasteiger charge is 2.09. The van der Waals surface area contributed by atoms with Gasteiger partial charge in [0.1, 0.15) is 5.82 Å². The van der Waals surface area contributed by atoms with Gasteiger partial charge in [-0.05, 0) is 39.1 Å². The number of halogens is 1. The predicted octanol–water partition coefficient (Wildman–Crippen LogP) is 2.85. The average molecular weight is 294 g/mol. The Morgan fingerprint density at radius 2 is 2.12 bits per heavy atom. The molecular weight excluding hydrogens is 278 g/mol. The van der Waals surface area contributed by atoms with E-state index in [-0.39, 0.29) is 0 Å². The predicted molar refractivity (Wildman–Crippen MR) is 74.2 cm³/mol. The Kier molecular flexibility index (Phi) is 3.74. The second-order valence-electron chi connectivity index (χ2n) is 4.27. The summed E-state index contributed by atoms with van der Waals surface area (Å²) >= 11 is 3.47. The fraction of sp³-hybridized carbons (Fsp3) is 0.385. The summed E-state index contributed by atoms with van der Waals surface area (Å²) in [7, 11) is 1.97. The molecular formula is C13H16BrN3. The molecule has 0 fully saturated rings. The molecule has 2 rings (SSSR count). The van der Waals surface area contributed by atoms with Crippen LogP contribution in [-0.2, 0) is 6.42 Å². The van der Waals surface area contributed by atoms with Gasteiger partial charge in [0.15, 0.2) is 0 Å². The van der Waals surface area contributed by atoms with Gasteiger partial charge < -0.3 is 5.32 Å². The molecule has 0 bridgehead atoms. The van der Waals surface area contributed by atoms with Gasteiger partial charge in [-0.25, -0.2) is 9.97 Å². The van der Waals surface area contributed by atoms with Crippen LogP contribution in [0.4, 0.5) is 0 Å². The smallest absolute Gasteiger partial charge is 0.126 e. The first-order valence-electron chi connectivity index (χ1n) is 5.70. The summed E-state index contributed by atoms with van der Waals surface area (Å²) in [6.45, 7) is 4.09. The molecule has 1 aromatic carbocycles. The molecule has 17 heavy (non-hydrogen) atoms. The first-order valence-corrected chi connectivity index (χ1v) is 6.49. The van der Waals surface area contributed by atoms with Crippen molar-refractivity contribution < 1.29 is 0 Å². The lowest BCUT2D eigenvalue weighted by atomic mass is 10.1. The first kappa shape index (κ1) is 12.5. The molecule has 0 saturated heterocycles. The van der Waals surface area contributed by atoms with Crippen molar-refractivity contribution in [3.63, 3.8) is 0 Å². The molecule has 1 unspecified atom stereocenters. The van der Waals surface area contributed by atoms with Gasteiger partial charge in [-0.1, -0.05) is 15.9 Å². The molecule has 0 saturated carbocycles. The van der Waals surface area contributed by atoms with Gasteiger partial charge in [0.2, 0.25) is 0 Å². The number of benzene rings is 1. The van der Waals surface area contributed by atoms with Crippen LogP contribution >= 0.6 is 15.9 Å². The molecule has 3 nitrogen and oxygen atoms in total. The lowest BCUT2D eigenvalue weighted by molar-refractivity contribution is 0.601. The van der Waals surface area contributed by atoms with E-state index in [1.807, 2.05) is 26.1 Å². The van der Waals surface area contributed by atoms with Crippen LogP contribution in [0.1, 0.15) is 18.4 Å². The van der Waals surface area contributed by atoms with Crippen molar-refractivity contribution >= 4 is 26.8 Å². The molecule has 1 heterocycles. The number of aromatic nitrogens is 2. The summed E-state index contributed by atoms with van der Waals surface area (Å²) in [5.41, 5.74) is 2.12. The fourth-order valence-electron chi connectivity index (χ4n) is 1.84. The van der Waals surface area contributed by atoms with E-state index in [0.29, 0.717) is 6.04 Å². The minimum atomic E-state index is 0.413. The van der Waals surface area contributed by atoms with Crippen molar-refractivity contribution in [3.8, 4) is 0 Å². The average Bonchev–Trinajstić information content (AvgIpc) is 2.27. The first-order chi connectivity index (χ1) is 8.10. The number of aryl methyl sites for hydroxylation is 1.